The number of ether oxygens (including phenoxy) is 2. The highest BCUT2D eigenvalue weighted by atomic mass is 16.5. The molecule has 0 bridgehead atoms. The average molecular weight is 194 g/mol. The Labute approximate surface area is 86.2 Å². The fraction of sp³-hybridized carbons (Fsp3) is 0.500. The van der Waals surface area contributed by atoms with E-state index in [-0.39, 0.29) is 0 Å². The van der Waals surface area contributed by atoms with E-state index in [2.05, 4.69) is 24.6 Å². The summed E-state index contributed by atoms with van der Waals surface area (Å²) in [4.78, 5) is 0. The van der Waals surface area contributed by atoms with Crippen molar-refractivity contribution in [3.8, 4) is 0 Å². The van der Waals surface area contributed by atoms with Crippen molar-refractivity contribution in [2.24, 2.45) is 0 Å². The fourth-order valence-electron chi connectivity index (χ4n) is 1.07. The monoisotopic (exact) mass is 194 g/mol. The van der Waals surface area contributed by atoms with Crippen molar-refractivity contribution in [2.75, 3.05) is 27.4 Å². The van der Waals surface area contributed by atoms with Crippen LogP contribution in [0, 0.1) is 0 Å². The summed E-state index contributed by atoms with van der Waals surface area (Å²) in [5.41, 5.74) is 7.86. The van der Waals surface area contributed by atoms with Gasteiger partial charge in [-0.25, -0.2) is 0 Å². The lowest BCUT2D eigenvalue weighted by molar-refractivity contribution is 0.218. The van der Waals surface area contributed by atoms with Crippen LogP contribution >= 0.6 is 0 Å². The van der Waals surface area contributed by atoms with Crippen LogP contribution in [-0.2, 0) is 9.47 Å². The second-order valence-corrected chi connectivity index (χ2v) is 2.93. The second-order valence-electron chi connectivity index (χ2n) is 2.93. The smallest absolute Gasteiger partial charge is 0.0746 e. The van der Waals surface area contributed by atoms with Crippen LogP contribution in [0.2, 0.25) is 0 Å². The number of rotatable bonds is 7. The zero-order valence-corrected chi connectivity index (χ0v) is 9.06. The van der Waals surface area contributed by atoms with Gasteiger partial charge in [0.2, 0.25) is 0 Å². The largest absolute Gasteiger partial charge is 0.380 e. The van der Waals surface area contributed by atoms with E-state index in [1.165, 1.54) is 0 Å². The minimum Gasteiger partial charge on any atom is -0.380 e. The van der Waals surface area contributed by atoms with Gasteiger partial charge in [0.05, 0.1) is 13.2 Å². The molecule has 0 unspecified atom stereocenters. The second kappa shape index (κ2) is 8.55. The van der Waals surface area contributed by atoms with Crippen molar-refractivity contribution in [3.05, 3.63) is 35.8 Å². The third-order valence-corrected chi connectivity index (χ3v) is 1.87. The summed E-state index contributed by atoms with van der Waals surface area (Å²) in [6.07, 6.45) is 1.75. The van der Waals surface area contributed by atoms with Crippen molar-refractivity contribution in [1.82, 2.24) is 0 Å². The highest BCUT2D eigenvalue weighted by Gasteiger charge is 1.99. The van der Waals surface area contributed by atoms with Crippen molar-refractivity contribution in [1.29, 1.82) is 0 Å². The number of methoxy groups -OCH3 is 2. The molecule has 0 aliphatic heterocycles. The maximum Gasteiger partial charge on any atom is 0.0746 e. The minimum atomic E-state index is 0.584. The molecule has 0 atom stereocenters. The van der Waals surface area contributed by atoms with Crippen LogP contribution in [0.3, 0.4) is 0 Å². The first-order valence-electron chi connectivity index (χ1n) is 4.52. The van der Waals surface area contributed by atoms with Gasteiger partial charge < -0.3 is 9.47 Å². The molecule has 0 spiro atoms. The third-order valence-electron chi connectivity index (χ3n) is 1.87. The van der Waals surface area contributed by atoms with Gasteiger partial charge >= 0.3 is 0 Å². The van der Waals surface area contributed by atoms with Crippen LogP contribution in [-0.4, -0.2) is 27.4 Å². The van der Waals surface area contributed by atoms with Crippen LogP contribution in [0.15, 0.2) is 35.8 Å². The number of hydrogen-bond donors (Lipinski definition) is 0. The SMILES string of the molecule is C=C=C(CCC(=C=C)COC)COC. The summed E-state index contributed by atoms with van der Waals surface area (Å²) in [6, 6.07) is 0. The van der Waals surface area contributed by atoms with Gasteiger partial charge in [0.25, 0.3) is 0 Å². The zero-order chi connectivity index (χ0) is 10.8. The Kier molecular flexibility index (Phi) is 7.92. The fourth-order valence-corrected chi connectivity index (χ4v) is 1.07. The molecular weight excluding hydrogens is 176 g/mol. The highest BCUT2D eigenvalue weighted by molar-refractivity contribution is 5.07. The first kappa shape index (κ1) is 13.0. The van der Waals surface area contributed by atoms with Gasteiger partial charge in [-0.05, 0) is 24.0 Å². The highest BCUT2D eigenvalue weighted by Crippen LogP contribution is 2.10. The van der Waals surface area contributed by atoms with E-state index >= 15 is 0 Å². The first-order valence-corrected chi connectivity index (χ1v) is 4.52. The van der Waals surface area contributed by atoms with E-state index in [9.17, 15) is 0 Å². The lowest BCUT2D eigenvalue weighted by Gasteiger charge is -2.05. The van der Waals surface area contributed by atoms with Gasteiger partial charge in [-0.1, -0.05) is 13.2 Å². The summed E-state index contributed by atoms with van der Waals surface area (Å²) >= 11 is 0. The predicted molar refractivity (Wildman–Crippen MR) is 58.3 cm³/mol. The first-order chi connectivity index (χ1) is 6.78. The minimum absolute atomic E-state index is 0.584. The molecular formula is C12H18O2. The van der Waals surface area contributed by atoms with Crippen LogP contribution in [0.25, 0.3) is 0 Å². The Morgan fingerprint density at radius 1 is 0.929 bits per heavy atom. The van der Waals surface area contributed by atoms with Gasteiger partial charge in [0.15, 0.2) is 0 Å². The van der Waals surface area contributed by atoms with Gasteiger partial charge in [-0.15, -0.1) is 11.5 Å². The number of hydrogen-bond acceptors (Lipinski definition) is 2. The molecule has 0 aromatic rings. The lowest BCUT2D eigenvalue weighted by Crippen LogP contribution is -1.97. The van der Waals surface area contributed by atoms with E-state index < -0.39 is 0 Å². The van der Waals surface area contributed by atoms with E-state index in [0.29, 0.717) is 13.2 Å². The summed E-state index contributed by atoms with van der Waals surface area (Å²) in [6.45, 7) is 8.39. The Morgan fingerprint density at radius 2 is 1.29 bits per heavy atom. The van der Waals surface area contributed by atoms with Crippen molar-refractivity contribution >= 4 is 0 Å². The Balaban J connectivity index is 4.02. The van der Waals surface area contributed by atoms with Crippen LogP contribution < -0.4 is 0 Å². The molecule has 0 rings (SSSR count). The topological polar surface area (TPSA) is 18.5 Å². The predicted octanol–water partition coefficient (Wildman–Crippen LogP) is 2.48. The lowest BCUT2D eigenvalue weighted by atomic mass is 10.1. The molecule has 0 aromatic heterocycles. The molecule has 0 fully saturated rings. The zero-order valence-electron chi connectivity index (χ0n) is 9.06. The molecule has 0 heterocycles. The maximum absolute atomic E-state index is 5.00. The van der Waals surface area contributed by atoms with Gasteiger partial charge in [-0.3, -0.25) is 0 Å². The molecule has 2 nitrogen and oxygen atoms in total. The molecule has 0 saturated heterocycles. The Bertz CT molecular complexity index is 225. The quantitative estimate of drug-likeness (QED) is 0.580. The molecule has 0 saturated carbocycles. The molecule has 0 aliphatic carbocycles. The molecule has 0 radical (unpaired) electrons. The van der Waals surface area contributed by atoms with E-state index in [4.69, 9.17) is 9.47 Å². The summed E-state index contributed by atoms with van der Waals surface area (Å²) in [7, 11) is 3.33. The van der Waals surface area contributed by atoms with Crippen LogP contribution in [0.5, 0.6) is 0 Å². The molecule has 0 amide bonds. The molecule has 0 N–H and O–H groups in total. The Morgan fingerprint density at radius 3 is 1.50 bits per heavy atom. The molecule has 0 aliphatic rings. The maximum atomic E-state index is 5.00. The normalized spacial score (nSPS) is 9.00. The van der Waals surface area contributed by atoms with Gasteiger partial charge in [0, 0.05) is 14.2 Å². The average Bonchev–Trinajstić information content (AvgIpc) is 2.22. The summed E-state index contributed by atoms with van der Waals surface area (Å²) in [5.74, 6) is 0. The van der Waals surface area contributed by atoms with E-state index in [1.807, 2.05) is 0 Å². The van der Waals surface area contributed by atoms with Gasteiger partial charge in [0.1, 0.15) is 0 Å². The van der Waals surface area contributed by atoms with E-state index in [1.54, 1.807) is 14.2 Å². The van der Waals surface area contributed by atoms with Crippen molar-refractivity contribution in [3.63, 3.8) is 0 Å². The van der Waals surface area contributed by atoms with Crippen LogP contribution in [0.4, 0.5) is 0 Å². The van der Waals surface area contributed by atoms with Gasteiger partial charge in [-0.2, -0.15) is 0 Å². The van der Waals surface area contributed by atoms with Crippen LogP contribution in [0.1, 0.15) is 12.8 Å². The van der Waals surface area contributed by atoms with Crippen molar-refractivity contribution < 1.29 is 9.47 Å². The van der Waals surface area contributed by atoms with Crippen molar-refractivity contribution in [2.45, 2.75) is 12.8 Å². The summed E-state index contributed by atoms with van der Waals surface area (Å²) in [5, 5.41) is 0. The molecule has 78 valence electrons. The standard InChI is InChI=1S/C12H18O2/c1-5-11(9-13-3)7-8-12(6-2)10-14-4/h1-2,7-10H2,3-4H3. The Hall–Kier alpha value is -1.04. The summed E-state index contributed by atoms with van der Waals surface area (Å²) < 4.78 is 10.0. The molecule has 0 aromatic carbocycles. The molecule has 2 heteroatoms. The third kappa shape index (κ3) is 5.58. The van der Waals surface area contributed by atoms with E-state index in [0.717, 1.165) is 24.0 Å². The molecule has 14 heavy (non-hydrogen) atoms.